The maximum Gasteiger partial charge on any atom is 0.327 e. The zero-order valence-electron chi connectivity index (χ0n) is 8.90. The molecule has 1 heterocycles. The van der Waals surface area contributed by atoms with E-state index in [-0.39, 0.29) is 17.8 Å². The van der Waals surface area contributed by atoms with Crippen molar-refractivity contribution in [1.29, 1.82) is 0 Å². The first kappa shape index (κ1) is 12.3. The minimum absolute atomic E-state index is 0.00644. The summed E-state index contributed by atoms with van der Waals surface area (Å²) in [6.07, 6.45) is 0.782. The number of carbonyl (C=O) groups excluding carboxylic acids is 1. The highest BCUT2D eigenvalue weighted by atomic mass is 32.2. The van der Waals surface area contributed by atoms with Crippen LogP contribution in [0.4, 0.5) is 0 Å². The second-order valence-corrected chi connectivity index (χ2v) is 4.59. The van der Waals surface area contributed by atoms with Gasteiger partial charge in [0.25, 0.3) is 0 Å². The summed E-state index contributed by atoms with van der Waals surface area (Å²) in [6.45, 7) is 2.16. The lowest BCUT2D eigenvalue weighted by Crippen LogP contribution is -2.48. The first-order valence-electron chi connectivity index (χ1n) is 4.92. The molecule has 0 aliphatic carbocycles. The van der Waals surface area contributed by atoms with Crippen LogP contribution in [-0.2, 0) is 9.59 Å². The van der Waals surface area contributed by atoms with E-state index in [1.807, 2.05) is 6.92 Å². The molecule has 1 fully saturated rings. The molecule has 0 aromatic heterocycles. The second-order valence-electron chi connectivity index (χ2n) is 3.38. The highest BCUT2D eigenvalue weighted by Crippen LogP contribution is 2.31. The molecule has 1 rings (SSSR count). The van der Waals surface area contributed by atoms with E-state index in [2.05, 4.69) is 5.32 Å². The molecule has 2 N–H and O–H groups in total. The molecule has 1 aliphatic rings. The van der Waals surface area contributed by atoms with Crippen molar-refractivity contribution in [1.82, 2.24) is 10.2 Å². The molecule has 0 saturated carbocycles. The summed E-state index contributed by atoms with van der Waals surface area (Å²) in [7, 11) is 1.68. The Morgan fingerprint density at radius 2 is 2.27 bits per heavy atom. The van der Waals surface area contributed by atoms with Crippen molar-refractivity contribution in [2.45, 2.75) is 24.8 Å². The number of nitrogens with zero attached hydrogens (tertiary/aromatic N) is 1. The molecule has 2 unspecified atom stereocenters. The van der Waals surface area contributed by atoms with Crippen molar-refractivity contribution in [3.05, 3.63) is 0 Å². The van der Waals surface area contributed by atoms with Crippen LogP contribution in [0.5, 0.6) is 0 Å². The maximum atomic E-state index is 11.7. The van der Waals surface area contributed by atoms with Gasteiger partial charge in [-0.05, 0) is 13.5 Å². The van der Waals surface area contributed by atoms with Gasteiger partial charge in [0.15, 0.2) is 0 Å². The molecule has 5 nitrogen and oxygen atoms in total. The molecule has 1 amide bonds. The van der Waals surface area contributed by atoms with Gasteiger partial charge in [-0.15, -0.1) is 11.8 Å². The van der Waals surface area contributed by atoms with Crippen molar-refractivity contribution in [3.63, 3.8) is 0 Å². The van der Waals surface area contributed by atoms with Crippen molar-refractivity contribution < 1.29 is 14.7 Å². The average Bonchev–Trinajstić information content (AvgIpc) is 2.61. The van der Waals surface area contributed by atoms with Gasteiger partial charge in [0, 0.05) is 5.75 Å². The quantitative estimate of drug-likeness (QED) is 0.712. The molecule has 15 heavy (non-hydrogen) atoms. The van der Waals surface area contributed by atoms with E-state index in [1.54, 1.807) is 7.05 Å². The predicted octanol–water partition coefficient (Wildman–Crippen LogP) is -0.0295. The number of thioether (sulfide) groups is 1. The zero-order chi connectivity index (χ0) is 11.4. The van der Waals surface area contributed by atoms with E-state index in [1.165, 1.54) is 16.7 Å². The SMILES string of the molecule is CCC1SCC(C(=O)O)N1C(=O)CNC. The van der Waals surface area contributed by atoms with Crippen LogP contribution in [0.1, 0.15) is 13.3 Å². The Kier molecular flexibility index (Phi) is 4.41. The van der Waals surface area contributed by atoms with E-state index < -0.39 is 12.0 Å². The summed E-state index contributed by atoms with van der Waals surface area (Å²) in [4.78, 5) is 24.2. The summed E-state index contributed by atoms with van der Waals surface area (Å²) in [5, 5.41) is 11.7. The number of likely N-dealkylation sites (N-methyl/N-ethyl adjacent to an activating group) is 1. The molecule has 0 radical (unpaired) electrons. The third-order valence-corrected chi connectivity index (χ3v) is 3.80. The van der Waals surface area contributed by atoms with E-state index in [0.29, 0.717) is 5.75 Å². The van der Waals surface area contributed by atoms with Crippen molar-refractivity contribution in [2.75, 3.05) is 19.3 Å². The van der Waals surface area contributed by atoms with Gasteiger partial charge >= 0.3 is 5.97 Å². The van der Waals surface area contributed by atoms with Gasteiger partial charge in [0.2, 0.25) is 5.91 Å². The Morgan fingerprint density at radius 3 is 2.73 bits per heavy atom. The zero-order valence-corrected chi connectivity index (χ0v) is 9.71. The van der Waals surface area contributed by atoms with Crippen LogP contribution < -0.4 is 5.32 Å². The summed E-state index contributed by atoms with van der Waals surface area (Å²) >= 11 is 1.54. The summed E-state index contributed by atoms with van der Waals surface area (Å²) in [5.41, 5.74) is 0. The normalized spacial score (nSPS) is 25.6. The van der Waals surface area contributed by atoms with Gasteiger partial charge in [-0.1, -0.05) is 6.92 Å². The van der Waals surface area contributed by atoms with Crippen LogP contribution in [0.2, 0.25) is 0 Å². The number of carboxylic acid groups (broad SMARTS) is 1. The lowest BCUT2D eigenvalue weighted by molar-refractivity contribution is -0.148. The molecule has 0 spiro atoms. The minimum atomic E-state index is -0.914. The average molecular weight is 232 g/mol. The molecule has 86 valence electrons. The molecule has 1 saturated heterocycles. The first-order valence-corrected chi connectivity index (χ1v) is 5.96. The summed E-state index contributed by atoms with van der Waals surface area (Å²) in [6, 6.07) is -0.666. The molecular formula is C9H16N2O3S. The van der Waals surface area contributed by atoms with Crippen LogP contribution in [-0.4, -0.2) is 52.6 Å². The Hall–Kier alpha value is -0.750. The molecule has 0 aromatic rings. The fourth-order valence-electron chi connectivity index (χ4n) is 1.65. The van der Waals surface area contributed by atoms with Crippen molar-refractivity contribution >= 4 is 23.6 Å². The molecule has 2 atom stereocenters. The van der Waals surface area contributed by atoms with E-state index in [4.69, 9.17) is 5.11 Å². The van der Waals surface area contributed by atoms with Gasteiger partial charge in [0.05, 0.1) is 11.9 Å². The molecule has 0 aromatic carbocycles. The van der Waals surface area contributed by atoms with Gasteiger partial charge in [0.1, 0.15) is 6.04 Å². The molecule has 1 aliphatic heterocycles. The predicted molar refractivity (Wildman–Crippen MR) is 58.7 cm³/mol. The Bertz CT molecular complexity index is 260. The van der Waals surface area contributed by atoms with E-state index in [9.17, 15) is 9.59 Å². The molecule has 0 bridgehead atoms. The number of rotatable bonds is 4. The fourth-order valence-corrected chi connectivity index (χ4v) is 3.01. The largest absolute Gasteiger partial charge is 0.480 e. The number of carboxylic acids is 1. The van der Waals surface area contributed by atoms with Crippen LogP contribution in [0, 0.1) is 0 Å². The second kappa shape index (κ2) is 5.37. The highest BCUT2D eigenvalue weighted by Gasteiger charge is 2.40. The van der Waals surface area contributed by atoms with Crippen LogP contribution in [0.3, 0.4) is 0 Å². The molecular weight excluding hydrogens is 216 g/mol. The number of hydrogen-bond acceptors (Lipinski definition) is 4. The van der Waals surface area contributed by atoms with E-state index >= 15 is 0 Å². The summed E-state index contributed by atoms with van der Waals surface area (Å²) in [5.74, 6) is -0.562. The number of carbonyl (C=O) groups is 2. The number of nitrogens with one attached hydrogen (secondary N) is 1. The fraction of sp³-hybridized carbons (Fsp3) is 0.778. The smallest absolute Gasteiger partial charge is 0.327 e. The van der Waals surface area contributed by atoms with E-state index in [0.717, 1.165) is 6.42 Å². The summed E-state index contributed by atoms with van der Waals surface area (Å²) < 4.78 is 0. The van der Waals surface area contributed by atoms with Crippen LogP contribution in [0.25, 0.3) is 0 Å². The topological polar surface area (TPSA) is 69.6 Å². The molecule has 6 heteroatoms. The lowest BCUT2D eigenvalue weighted by atomic mass is 10.2. The van der Waals surface area contributed by atoms with Gasteiger partial charge in [-0.25, -0.2) is 4.79 Å². The first-order chi connectivity index (χ1) is 7.11. The highest BCUT2D eigenvalue weighted by molar-refractivity contribution is 8.00. The maximum absolute atomic E-state index is 11.7. The number of hydrogen-bond donors (Lipinski definition) is 2. The Balaban J connectivity index is 2.76. The Labute approximate surface area is 93.2 Å². The van der Waals surface area contributed by atoms with Gasteiger partial charge < -0.3 is 15.3 Å². The Morgan fingerprint density at radius 1 is 1.60 bits per heavy atom. The standard InChI is InChI=1S/C9H16N2O3S/c1-3-8-11(7(12)4-10-2)6(5-15-8)9(13)14/h6,8,10H,3-5H2,1-2H3,(H,13,14). The third-order valence-electron chi connectivity index (χ3n) is 2.34. The lowest BCUT2D eigenvalue weighted by Gasteiger charge is -2.26. The van der Waals surface area contributed by atoms with Crippen molar-refractivity contribution in [2.24, 2.45) is 0 Å². The third kappa shape index (κ3) is 2.63. The van der Waals surface area contributed by atoms with Gasteiger partial charge in [-0.2, -0.15) is 0 Å². The number of aliphatic carboxylic acids is 1. The van der Waals surface area contributed by atoms with Crippen molar-refractivity contribution in [3.8, 4) is 0 Å². The monoisotopic (exact) mass is 232 g/mol. The van der Waals surface area contributed by atoms with Crippen LogP contribution in [0.15, 0.2) is 0 Å². The minimum Gasteiger partial charge on any atom is -0.480 e. The van der Waals surface area contributed by atoms with Gasteiger partial charge in [-0.3, -0.25) is 4.79 Å². The van der Waals surface area contributed by atoms with Crippen LogP contribution >= 0.6 is 11.8 Å². The number of amides is 1.